The zero-order chi connectivity index (χ0) is 10.8. The molecule has 0 aromatic carbocycles. The van der Waals surface area contributed by atoms with Gasteiger partial charge in [-0.15, -0.1) is 11.3 Å². The molecule has 0 saturated heterocycles. The van der Waals surface area contributed by atoms with Crippen molar-refractivity contribution in [3.05, 3.63) is 34.8 Å². The van der Waals surface area contributed by atoms with Gasteiger partial charge in [-0.2, -0.15) is 0 Å². The Labute approximate surface area is 93.8 Å². The first kappa shape index (κ1) is 10.2. The maximum Gasteiger partial charge on any atom is 0.0957 e. The lowest BCUT2D eigenvalue weighted by Crippen LogP contribution is -1.90. The van der Waals surface area contributed by atoms with Crippen molar-refractivity contribution in [1.82, 2.24) is 4.98 Å². The van der Waals surface area contributed by atoms with E-state index in [0.717, 1.165) is 22.7 Å². The Morgan fingerprint density at radius 2 is 2.20 bits per heavy atom. The lowest BCUT2D eigenvalue weighted by atomic mass is 10.0. The summed E-state index contributed by atoms with van der Waals surface area (Å²) >= 11 is 1.65. The zero-order valence-corrected chi connectivity index (χ0v) is 9.77. The summed E-state index contributed by atoms with van der Waals surface area (Å²) in [6.07, 6.45) is 2.81. The average Bonchev–Trinajstić information content (AvgIpc) is 2.54. The van der Waals surface area contributed by atoms with E-state index in [-0.39, 0.29) is 0 Å². The smallest absolute Gasteiger partial charge is 0.0957 e. The fraction of sp³-hybridized carbons (Fsp3) is 0.250. The summed E-state index contributed by atoms with van der Waals surface area (Å²) in [5.74, 6) is 0. The Balaban J connectivity index is 2.62. The van der Waals surface area contributed by atoms with Crippen molar-refractivity contribution in [2.75, 3.05) is 5.73 Å². The van der Waals surface area contributed by atoms with Crippen molar-refractivity contribution in [3.8, 4) is 11.3 Å². The molecule has 3 heteroatoms. The van der Waals surface area contributed by atoms with Crippen molar-refractivity contribution in [3.63, 3.8) is 0 Å². The largest absolute Gasteiger partial charge is 0.390 e. The summed E-state index contributed by atoms with van der Waals surface area (Å²) < 4.78 is 0. The van der Waals surface area contributed by atoms with Crippen molar-refractivity contribution in [1.29, 1.82) is 0 Å². The molecule has 0 aliphatic heterocycles. The van der Waals surface area contributed by atoms with E-state index in [9.17, 15) is 0 Å². The predicted octanol–water partition coefficient (Wildman–Crippen LogP) is 3.26. The highest BCUT2D eigenvalue weighted by Crippen LogP contribution is 2.37. The number of hydrogen-bond acceptors (Lipinski definition) is 3. The third-order valence-corrected chi connectivity index (χ3v) is 3.49. The number of aryl methyl sites for hydroxylation is 1. The van der Waals surface area contributed by atoms with Crippen LogP contribution in [0, 0.1) is 6.92 Å². The Hall–Kier alpha value is -1.35. The highest BCUT2D eigenvalue weighted by atomic mass is 32.1. The molecule has 2 nitrogen and oxygen atoms in total. The molecule has 2 aromatic rings. The molecule has 0 saturated carbocycles. The second-order valence-electron chi connectivity index (χ2n) is 3.44. The van der Waals surface area contributed by atoms with E-state index in [4.69, 9.17) is 5.73 Å². The molecule has 0 amide bonds. The maximum absolute atomic E-state index is 6.03. The SMILES string of the molecule is CCc1c(C)sc(N)c1-c1ccccn1. The quantitative estimate of drug-likeness (QED) is 0.840. The van der Waals surface area contributed by atoms with Crippen LogP contribution in [0.2, 0.25) is 0 Å². The standard InChI is InChI=1S/C12H14N2S/c1-3-9-8(2)15-12(13)11(9)10-6-4-5-7-14-10/h4-7H,3,13H2,1-2H3. The minimum Gasteiger partial charge on any atom is -0.390 e. The molecule has 2 heterocycles. The summed E-state index contributed by atoms with van der Waals surface area (Å²) in [7, 11) is 0. The molecule has 0 unspecified atom stereocenters. The van der Waals surface area contributed by atoms with E-state index in [1.54, 1.807) is 17.5 Å². The van der Waals surface area contributed by atoms with E-state index < -0.39 is 0 Å². The number of pyridine rings is 1. The van der Waals surface area contributed by atoms with Crippen molar-refractivity contribution < 1.29 is 0 Å². The van der Waals surface area contributed by atoms with Crippen LogP contribution in [0.1, 0.15) is 17.4 Å². The molecule has 0 bridgehead atoms. The van der Waals surface area contributed by atoms with Gasteiger partial charge in [-0.1, -0.05) is 13.0 Å². The number of nitrogens with two attached hydrogens (primary N) is 1. The minimum atomic E-state index is 0.878. The van der Waals surface area contributed by atoms with Crippen LogP contribution in [-0.2, 0) is 6.42 Å². The number of hydrogen-bond donors (Lipinski definition) is 1. The minimum absolute atomic E-state index is 0.878. The van der Waals surface area contributed by atoms with E-state index in [1.165, 1.54) is 10.4 Å². The summed E-state index contributed by atoms with van der Waals surface area (Å²) in [5.41, 5.74) is 9.47. The number of nitrogen functional groups attached to an aromatic ring is 1. The fourth-order valence-electron chi connectivity index (χ4n) is 1.82. The average molecular weight is 218 g/mol. The molecule has 15 heavy (non-hydrogen) atoms. The first-order chi connectivity index (χ1) is 7.24. The topological polar surface area (TPSA) is 38.9 Å². The van der Waals surface area contributed by atoms with Crippen LogP contribution in [0.4, 0.5) is 5.00 Å². The summed E-state index contributed by atoms with van der Waals surface area (Å²) in [5, 5.41) is 0.878. The summed E-state index contributed by atoms with van der Waals surface area (Å²) in [6.45, 7) is 4.27. The van der Waals surface area contributed by atoms with E-state index in [2.05, 4.69) is 18.8 Å². The molecule has 0 fully saturated rings. The van der Waals surface area contributed by atoms with Crippen molar-refractivity contribution in [2.24, 2.45) is 0 Å². The highest BCUT2D eigenvalue weighted by Gasteiger charge is 2.14. The first-order valence-corrected chi connectivity index (χ1v) is 5.84. The molecule has 2 rings (SSSR count). The van der Waals surface area contributed by atoms with Gasteiger partial charge in [-0.25, -0.2) is 0 Å². The molecule has 2 N–H and O–H groups in total. The molecular formula is C12H14N2S. The third kappa shape index (κ3) is 1.75. The molecule has 0 radical (unpaired) electrons. The number of rotatable bonds is 2. The molecule has 0 atom stereocenters. The Morgan fingerprint density at radius 1 is 1.40 bits per heavy atom. The van der Waals surface area contributed by atoms with Gasteiger partial charge >= 0.3 is 0 Å². The van der Waals surface area contributed by atoms with Crippen LogP contribution in [0.5, 0.6) is 0 Å². The lowest BCUT2D eigenvalue weighted by molar-refractivity contribution is 1.13. The van der Waals surface area contributed by atoms with Gasteiger partial charge in [0.2, 0.25) is 0 Å². The van der Waals surface area contributed by atoms with Gasteiger partial charge in [-0.05, 0) is 31.0 Å². The van der Waals surface area contributed by atoms with E-state index in [0.29, 0.717) is 0 Å². The first-order valence-electron chi connectivity index (χ1n) is 5.03. The molecule has 0 spiro atoms. The van der Waals surface area contributed by atoms with Crippen LogP contribution in [-0.4, -0.2) is 4.98 Å². The number of aromatic nitrogens is 1. The van der Waals surface area contributed by atoms with Gasteiger partial charge in [0.15, 0.2) is 0 Å². The van der Waals surface area contributed by atoms with Crippen LogP contribution in [0.3, 0.4) is 0 Å². The molecule has 0 aliphatic rings. The maximum atomic E-state index is 6.03. The summed E-state index contributed by atoms with van der Waals surface area (Å²) in [4.78, 5) is 5.66. The molecule has 78 valence electrons. The lowest BCUT2D eigenvalue weighted by Gasteiger charge is -2.03. The normalized spacial score (nSPS) is 10.5. The van der Waals surface area contributed by atoms with Gasteiger partial charge in [0, 0.05) is 16.6 Å². The molecule has 2 aromatic heterocycles. The van der Waals surface area contributed by atoms with Crippen LogP contribution < -0.4 is 5.73 Å². The second-order valence-corrected chi connectivity index (χ2v) is 4.70. The third-order valence-electron chi connectivity index (χ3n) is 2.51. The summed E-state index contributed by atoms with van der Waals surface area (Å²) in [6, 6.07) is 5.93. The molecule has 0 aliphatic carbocycles. The predicted molar refractivity (Wildman–Crippen MR) is 66.1 cm³/mol. The van der Waals surface area contributed by atoms with Gasteiger partial charge in [0.1, 0.15) is 0 Å². The van der Waals surface area contributed by atoms with Crippen molar-refractivity contribution in [2.45, 2.75) is 20.3 Å². The van der Waals surface area contributed by atoms with Gasteiger partial charge in [-0.3, -0.25) is 4.98 Å². The Kier molecular flexibility index (Phi) is 2.73. The Morgan fingerprint density at radius 3 is 2.80 bits per heavy atom. The highest BCUT2D eigenvalue weighted by molar-refractivity contribution is 7.16. The van der Waals surface area contributed by atoms with E-state index >= 15 is 0 Å². The van der Waals surface area contributed by atoms with E-state index in [1.807, 2.05) is 18.2 Å². The number of anilines is 1. The zero-order valence-electron chi connectivity index (χ0n) is 8.95. The van der Waals surface area contributed by atoms with Crippen LogP contribution in [0.15, 0.2) is 24.4 Å². The molecular weight excluding hydrogens is 204 g/mol. The van der Waals surface area contributed by atoms with Crippen molar-refractivity contribution >= 4 is 16.3 Å². The van der Waals surface area contributed by atoms with Crippen LogP contribution >= 0.6 is 11.3 Å². The Bertz CT molecular complexity index is 460. The number of thiophene rings is 1. The fourth-order valence-corrected chi connectivity index (χ4v) is 2.85. The van der Waals surface area contributed by atoms with Crippen LogP contribution in [0.25, 0.3) is 11.3 Å². The van der Waals surface area contributed by atoms with Gasteiger partial charge < -0.3 is 5.73 Å². The monoisotopic (exact) mass is 218 g/mol. The second kappa shape index (κ2) is 4.03. The number of nitrogens with zero attached hydrogens (tertiary/aromatic N) is 1. The van der Waals surface area contributed by atoms with Gasteiger partial charge in [0.25, 0.3) is 0 Å². The van der Waals surface area contributed by atoms with Gasteiger partial charge in [0.05, 0.1) is 10.7 Å².